The van der Waals surface area contributed by atoms with Crippen molar-refractivity contribution in [3.63, 3.8) is 0 Å². The van der Waals surface area contributed by atoms with E-state index in [9.17, 15) is 9.59 Å². The van der Waals surface area contributed by atoms with Crippen molar-refractivity contribution < 1.29 is 19.1 Å². The second-order valence-corrected chi connectivity index (χ2v) is 7.24. The van der Waals surface area contributed by atoms with Crippen molar-refractivity contribution in [1.29, 1.82) is 0 Å². The van der Waals surface area contributed by atoms with E-state index < -0.39 is 5.79 Å². The molecule has 1 spiro atoms. The van der Waals surface area contributed by atoms with Gasteiger partial charge < -0.3 is 19.3 Å². The van der Waals surface area contributed by atoms with Crippen molar-refractivity contribution >= 4 is 11.8 Å². The van der Waals surface area contributed by atoms with Crippen LogP contribution < -0.4 is 0 Å². The van der Waals surface area contributed by atoms with Gasteiger partial charge in [-0.05, 0) is 25.5 Å². The van der Waals surface area contributed by atoms with Gasteiger partial charge in [-0.2, -0.15) is 5.10 Å². The highest BCUT2D eigenvalue weighted by Crippen LogP contribution is 2.26. The second-order valence-electron chi connectivity index (χ2n) is 7.24. The van der Waals surface area contributed by atoms with Crippen molar-refractivity contribution in [1.82, 2.24) is 24.6 Å². The summed E-state index contributed by atoms with van der Waals surface area (Å²) in [5.74, 6) is -1.24. The van der Waals surface area contributed by atoms with Gasteiger partial charge in [0, 0.05) is 38.2 Å². The number of amides is 2. The molecule has 4 rings (SSSR count). The molecule has 9 heteroatoms. The van der Waals surface area contributed by atoms with Crippen molar-refractivity contribution in [3.05, 3.63) is 48.0 Å². The molecule has 0 saturated carbocycles. The minimum absolute atomic E-state index is 0.103. The zero-order chi connectivity index (χ0) is 20.3. The van der Waals surface area contributed by atoms with Crippen LogP contribution in [0.3, 0.4) is 0 Å². The maximum absolute atomic E-state index is 13.0. The molecule has 2 saturated heterocycles. The summed E-state index contributed by atoms with van der Waals surface area (Å²) in [6, 6.07) is 3.48. The van der Waals surface area contributed by atoms with Crippen molar-refractivity contribution in [2.24, 2.45) is 0 Å². The summed E-state index contributed by atoms with van der Waals surface area (Å²) in [6.07, 6.45) is 7.23. The quantitative estimate of drug-likeness (QED) is 0.766. The standard InChI is InChI=1S/C20H25N5O4/c1-2-25-13-17(12-22-25)19(27)23-7-4-9-28-20(14-23)15-24(8-10-29-20)18(26)16-5-3-6-21-11-16/h3,5-6,11-13H,2,4,7-10,14-15H2,1H3. The first-order chi connectivity index (χ1) is 14.1. The lowest BCUT2D eigenvalue weighted by Crippen LogP contribution is -2.59. The lowest BCUT2D eigenvalue weighted by Gasteiger charge is -2.43. The summed E-state index contributed by atoms with van der Waals surface area (Å²) < 4.78 is 13.8. The fourth-order valence-electron chi connectivity index (χ4n) is 3.72. The third kappa shape index (κ3) is 4.15. The lowest BCUT2D eigenvalue weighted by molar-refractivity contribution is -0.258. The number of carbonyl (C=O) groups excluding carboxylic acids is 2. The zero-order valence-electron chi connectivity index (χ0n) is 16.5. The van der Waals surface area contributed by atoms with Gasteiger partial charge in [0.15, 0.2) is 0 Å². The minimum atomic E-state index is -1.02. The predicted molar refractivity (Wildman–Crippen MR) is 103 cm³/mol. The first kappa shape index (κ1) is 19.5. The molecule has 2 aromatic rings. The van der Waals surface area contributed by atoms with Crippen molar-refractivity contribution in [2.75, 3.05) is 39.4 Å². The number of pyridine rings is 1. The average molecular weight is 399 g/mol. The Morgan fingerprint density at radius 1 is 1.07 bits per heavy atom. The van der Waals surface area contributed by atoms with E-state index in [0.717, 1.165) is 0 Å². The van der Waals surface area contributed by atoms with Crippen LogP contribution in [0.5, 0.6) is 0 Å². The second kappa shape index (κ2) is 8.30. The number of aromatic nitrogens is 3. The Kier molecular flexibility index (Phi) is 5.59. The molecule has 0 aliphatic carbocycles. The maximum atomic E-state index is 13.0. The third-order valence-electron chi connectivity index (χ3n) is 5.21. The molecule has 0 aromatic carbocycles. The average Bonchev–Trinajstić information content (AvgIpc) is 3.16. The van der Waals surface area contributed by atoms with E-state index in [1.807, 2.05) is 6.92 Å². The summed E-state index contributed by atoms with van der Waals surface area (Å²) in [5, 5.41) is 4.19. The highest BCUT2D eigenvalue weighted by Gasteiger charge is 2.43. The molecule has 1 unspecified atom stereocenters. The lowest BCUT2D eigenvalue weighted by atomic mass is 10.1. The molecule has 0 N–H and O–H groups in total. The molecule has 0 bridgehead atoms. The smallest absolute Gasteiger partial charge is 0.257 e. The van der Waals surface area contributed by atoms with Crippen molar-refractivity contribution in [2.45, 2.75) is 25.7 Å². The largest absolute Gasteiger partial charge is 0.347 e. The van der Waals surface area contributed by atoms with E-state index in [1.165, 1.54) is 0 Å². The van der Waals surface area contributed by atoms with Gasteiger partial charge in [-0.25, -0.2) is 0 Å². The Morgan fingerprint density at radius 2 is 1.83 bits per heavy atom. The van der Waals surface area contributed by atoms with Crippen LogP contribution in [-0.4, -0.2) is 81.6 Å². The van der Waals surface area contributed by atoms with Crippen molar-refractivity contribution in [3.8, 4) is 0 Å². The van der Waals surface area contributed by atoms with Crippen LogP contribution in [0.1, 0.15) is 34.1 Å². The van der Waals surface area contributed by atoms with Gasteiger partial charge in [0.1, 0.15) is 0 Å². The third-order valence-corrected chi connectivity index (χ3v) is 5.21. The molecule has 1 atom stereocenters. The maximum Gasteiger partial charge on any atom is 0.257 e. The summed E-state index contributed by atoms with van der Waals surface area (Å²) in [7, 11) is 0. The molecule has 4 heterocycles. The van der Waals surface area contributed by atoms with Gasteiger partial charge in [-0.15, -0.1) is 0 Å². The number of nitrogens with zero attached hydrogens (tertiary/aromatic N) is 5. The van der Waals surface area contributed by atoms with E-state index in [2.05, 4.69) is 10.1 Å². The van der Waals surface area contributed by atoms with E-state index in [4.69, 9.17) is 9.47 Å². The predicted octanol–water partition coefficient (Wildman–Crippen LogP) is 1.03. The normalized spacial score (nSPS) is 22.5. The van der Waals surface area contributed by atoms with Crippen LogP contribution in [-0.2, 0) is 16.0 Å². The van der Waals surface area contributed by atoms with Gasteiger partial charge in [0.05, 0.1) is 43.6 Å². The number of aryl methyl sites for hydroxylation is 1. The van der Waals surface area contributed by atoms with Gasteiger partial charge in [-0.1, -0.05) is 0 Å². The summed E-state index contributed by atoms with van der Waals surface area (Å²) in [6.45, 7) is 5.05. The Hall–Kier alpha value is -2.78. The topological polar surface area (TPSA) is 89.8 Å². The molecule has 29 heavy (non-hydrogen) atoms. The molecule has 2 aliphatic heterocycles. The van der Waals surface area contributed by atoms with Crippen LogP contribution >= 0.6 is 0 Å². The molecule has 2 aromatic heterocycles. The first-order valence-corrected chi connectivity index (χ1v) is 9.89. The number of hydrogen-bond donors (Lipinski definition) is 0. The first-order valence-electron chi connectivity index (χ1n) is 9.89. The van der Waals surface area contributed by atoms with Crippen LogP contribution in [0.25, 0.3) is 0 Å². The molecule has 2 amide bonds. The monoisotopic (exact) mass is 399 g/mol. The van der Waals surface area contributed by atoms with Gasteiger partial charge in [-0.3, -0.25) is 19.3 Å². The van der Waals surface area contributed by atoms with Crippen LogP contribution in [0, 0.1) is 0 Å². The van der Waals surface area contributed by atoms with Crippen LogP contribution in [0.4, 0.5) is 0 Å². The molecular weight excluding hydrogens is 374 g/mol. The summed E-state index contributed by atoms with van der Waals surface area (Å²) in [4.78, 5) is 33.4. The van der Waals surface area contributed by atoms with E-state index >= 15 is 0 Å². The summed E-state index contributed by atoms with van der Waals surface area (Å²) >= 11 is 0. The highest BCUT2D eigenvalue weighted by atomic mass is 16.7. The Balaban J connectivity index is 1.51. The molecule has 0 radical (unpaired) electrons. The van der Waals surface area contributed by atoms with Gasteiger partial charge in [0.25, 0.3) is 11.8 Å². The number of carbonyl (C=O) groups is 2. The Bertz CT molecular complexity index is 871. The molecule has 154 valence electrons. The van der Waals surface area contributed by atoms with Gasteiger partial charge in [0.2, 0.25) is 5.79 Å². The molecule has 2 aliphatic rings. The Morgan fingerprint density at radius 3 is 2.55 bits per heavy atom. The van der Waals surface area contributed by atoms with E-state index in [0.29, 0.717) is 50.4 Å². The molecule has 9 nitrogen and oxygen atoms in total. The fourth-order valence-corrected chi connectivity index (χ4v) is 3.72. The number of morpholine rings is 1. The fraction of sp³-hybridized carbons (Fsp3) is 0.500. The van der Waals surface area contributed by atoms with E-state index in [-0.39, 0.29) is 24.9 Å². The molecule has 2 fully saturated rings. The number of hydrogen-bond acceptors (Lipinski definition) is 6. The van der Waals surface area contributed by atoms with E-state index in [1.54, 1.807) is 51.4 Å². The van der Waals surface area contributed by atoms with Gasteiger partial charge >= 0.3 is 0 Å². The number of rotatable bonds is 3. The molecular formula is C20H25N5O4. The minimum Gasteiger partial charge on any atom is -0.347 e. The van der Waals surface area contributed by atoms with Crippen LogP contribution in [0.15, 0.2) is 36.9 Å². The van der Waals surface area contributed by atoms with Crippen LogP contribution in [0.2, 0.25) is 0 Å². The number of ether oxygens (including phenoxy) is 2. The SMILES string of the molecule is CCn1cc(C(=O)N2CCCOC3(C2)CN(C(=O)c2cccnc2)CCO3)cn1. The zero-order valence-corrected chi connectivity index (χ0v) is 16.5. The summed E-state index contributed by atoms with van der Waals surface area (Å²) in [5.41, 5.74) is 1.07. The highest BCUT2D eigenvalue weighted by molar-refractivity contribution is 5.94. The Labute approximate surface area is 169 Å².